The summed E-state index contributed by atoms with van der Waals surface area (Å²) in [6.07, 6.45) is 1.88. The number of nitrogens with zero attached hydrogens (tertiary/aromatic N) is 3. The summed E-state index contributed by atoms with van der Waals surface area (Å²) < 4.78 is 1.72. The first-order chi connectivity index (χ1) is 11.5. The van der Waals surface area contributed by atoms with Crippen molar-refractivity contribution < 1.29 is 4.79 Å². The van der Waals surface area contributed by atoms with Crippen LogP contribution in [0.2, 0.25) is 5.02 Å². The second kappa shape index (κ2) is 6.68. The Morgan fingerprint density at radius 3 is 2.71 bits per heavy atom. The lowest BCUT2D eigenvalue weighted by molar-refractivity contribution is 0.102. The molecule has 0 amide bonds. The van der Waals surface area contributed by atoms with E-state index in [4.69, 9.17) is 11.6 Å². The number of nitriles is 1. The van der Waals surface area contributed by atoms with Crippen molar-refractivity contribution in [3.05, 3.63) is 63.8 Å². The zero-order valence-corrected chi connectivity index (χ0v) is 14.8. The summed E-state index contributed by atoms with van der Waals surface area (Å²) in [5.74, 6) is 0.198. The average molecular weight is 356 g/mol. The number of Topliss-reactive ketones (excluding diaryl/α,β-unsaturated/α-hetero) is 1. The third kappa shape index (κ3) is 3.16. The van der Waals surface area contributed by atoms with Gasteiger partial charge >= 0.3 is 0 Å². The molecule has 0 fully saturated rings. The van der Waals surface area contributed by atoms with Gasteiger partial charge in [0.25, 0.3) is 0 Å². The van der Waals surface area contributed by atoms with Crippen LogP contribution in [0, 0.1) is 25.2 Å². The van der Waals surface area contributed by atoms with E-state index in [-0.39, 0.29) is 11.5 Å². The third-order valence-electron chi connectivity index (χ3n) is 3.64. The van der Waals surface area contributed by atoms with E-state index in [2.05, 4.69) is 11.2 Å². The van der Waals surface area contributed by atoms with Gasteiger partial charge in [0.15, 0.2) is 5.78 Å². The summed E-state index contributed by atoms with van der Waals surface area (Å²) >= 11 is 7.12. The Hall–Kier alpha value is -2.29. The highest BCUT2D eigenvalue weighted by Crippen LogP contribution is 2.28. The van der Waals surface area contributed by atoms with Crippen molar-refractivity contribution in [2.45, 2.75) is 18.9 Å². The molecular formula is C18H14ClN3OS. The van der Waals surface area contributed by atoms with E-state index < -0.39 is 0 Å². The lowest BCUT2D eigenvalue weighted by Crippen LogP contribution is -2.02. The Bertz CT molecular complexity index is 971. The first kappa shape index (κ1) is 16.6. The summed E-state index contributed by atoms with van der Waals surface area (Å²) in [5.41, 5.74) is 3.97. The van der Waals surface area contributed by atoms with Crippen molar-refractivity contribution in [3.8, 4) is 6.07 Å². The number of aryl methyl sites for hydroxylation is 2. The summed E-state index contributed by atoms with van der Waals surface area (Å²) in [7, 11) is 0. The molecule has 3 aromatic rings. The SMILES string of the molecule is Cc1cc(C)c2c(C#N)c(SCC(=O)c3ccc(Cl)cc3)nn2c1. The normalized spacial score (nSPS) is 10.8. The Kier molecular flexibility index (Phi) is 4.61. The smallest absolute Gasteiger partial charge is 0.173 e. The van der Waals surface area contributed by atoms with Crippen LogP contribution in [0.5, 0.6) is 0 Å². The fourth-order valence-electron chi connectivity index (χ4n) is 2.58. The van der Waals surface area contributed by atoms with Gasteiger partial charge in [-0.2, -0.15) is 10.4 Å². The summed E-state index contributed by atoms with van der Waals surface area (Å²) in [6.45, 7) is 3.94. The molecule has 24 heavy (non-hydrogen) atoms. The zero-order valence-electron chi connectivity index (χ0n) is 13.2. The molecule has 2 heterocycles. The molecule has 2 aromatic heterocycles. The van der Waals surface area contributed by atoms with E-state index in [9.17, 15) is 10.1 Å². The van der Waals surface area contributed by atoms with Crippen LogP contribution in [0.15, 0.2) is 41.6 Å². The van der Waals surface area contributed by atoms with Crippen LogP contribution in [0.25, 0.3) is 5.52 Å². The van der Waals surface area contributed by atoms with Crippen LogP contribution >= 0.6 is 23.4 Å². The maximum absolute atomic E-state index is 12.3. The third-order valence-corrected chi connectivity index (χ3v) is 4.86. The van der Waals surface area contributed by atoms with Crippen LogP contribution in [-0.4, -0.2) is 21.2 Å². The molecular weight excluding hydrogens is 342 g/mol. The van der Waals surface area contributed by atoms with Crippen molar-refractivity contribution >= 4 is 34.7 Å². The van der Waals surface area contributed by atoms with Gasteiger partial charge in [-0.05, 0) is 49.2 Å². The van der Waals surface area contributed by atoms with Gasteiger partial charge in [-0.15, -0.1) is 0 Å². The Morgan fingerprint density at radius 2 is 2.04 bits per heavy atom. The van der Waals surface area contributed by atoms with Crippen LogP contribution in [0.1, 0.15) is 27.0 Å². The van der Waals surface area contributed by atoms with E-state index in [1.807, 2.05) is 26.1 Å². The highest BCUT2D eigenvalue weighted by Gasteiger charge is 2.17. The minimum Gasteiger partial charge on any atom is -0.293 e. The summed E-state index contributed by atoms with van der Waals surface area (Å²) in [5, 5.41) is 15.1. The number of aromatic nitrogens is 2. The molecule has 0 saturated heterocycles. The molecule has 0 spiro atoms. The van der Waals surface area contributed by atoms with Crippen molar-refractivity contribution in [2.24, 2.45) is 0 Å². The van der Waals surface area contributed by atoms with E-state index in [1.165, 1.54) is 11.8 Å². The van der Waals surface area contributed by atoms with Gasteiger partial charge in [-0.25, -0.2) is 4.52 Å². The lowest BCUT2D eigenvalue weighted by atomic mass is 10.1. The molecule has 0 aliphatic rings. The monoisotopic (exact) mass is 355 g/mol. The number of rotatable bonds is 4. The average Bonchev–Trinajstić information content (AvgIpc) is 2.90. The number of hydrogen-bond donors (Lipinski definition) is 0. The van der Waals surface area contributed by atoms with Crippen molar-refractivity contribution in [1.29, 1.82) is 5.26 Å². The predicted octanol–water partition coefficient (Wildman–Crippen LogP) is 4.45. The number of benzene rings is 1. The maximum Gasteiger partial charge on any atom is 0.173 e. The molecule has 0 bridgehead atoms. The summed E-state index contributed by atoms with van der Waals surface area (Å²) in [6, 6.07) is 11.0. The zero-order chi connectivity index (χ0) is 17.3. The Balaban J connectivity index is 1.88. The number of thioether (sulfide) groups is 1. The van der Waals surface area contributed by atoms with Crippen LogP contribution in [-0.2, 0) is 0 Å². The number of carbonyl (C=O) groups is 1. The standard InChI is InChI=1S/C18H14ClN3OS/c1-11-7-12(2)17-15(8-20)18(21-22(17)9-11)24-10-16(23)13-3-5-14(19)6-4-13/h3-7,9H,10H2,1-2H3. The number of halogens is 1. The number of hydrogen-bond acceptors (Lipinski definition) is 4. The highest BCUT2D eigenvalue weighted by molar-refractivity contribution is 8.00. The first-order valence-electron chi connectivity index (χ1n) is 7.31. The van der Waals surface area contributed by atoms with Gasteiger partial charge < -0.3 is 0 Å². The lowest BCUT2D eigenvalue weighted by Gasteiger charge is -2.00. The minimum atomic E-state index is -0.0227. The van der Waals surface area contributed by atoms with Crippen molar-refractivity contribution in [2.75, 3.05) is 5.75 Å². The molecule has 0 unspecified atom stereocenters. The quantitative estimate of drug-likeness (QED) is 0.512. The van der Waals surface area contributed by atoms with Crippen LogP contribution < -0.4 is 0 Å². The molecule has 3 rings (SSSR count). The first-order valence-corrected chi connectivity index (χ1v) is 8.67. The second-order valence-electron chi connectivity index (χ2n) is 5.50. The topological polar surface area (TPSA) is 58.2 Å². The fraction of sp³-hybridized carbons (Fsp3) is 0.167. The largest absolute Gasteiger partial charge is 0.293 e. The predicted molar refractivity (Wildman–Crippen MR) is 95.9 cm³/mol. The number of pyridine rings is 1. The molecule has 6 heteroatoms. The minimum absolute atomic E-state index is 0.0227. The fourth-order valence-corrected chi connectivity index (χ4v) is 3.57. The van der Waals surface area contributed by atoms with Crippen molar-refractivity contribution in [1.82, 2.24) is 9.61 Å². The van der Waals surface area contributed by atoms with Gasteiger partial charge in [0, 0.05) is 16.8 Å². The molecule has 4 nitrogen and oxygen atoms in total. The van der Waals surface area contributed by atoms with E-state index in [0.717, 1.165) is 16.6 Å². The van der Waals surface area contributed by atoms with Gasteiger partial charge in [-0.3, -0.25) is 4.79 Å². The molecule has 120 valence electrons. The molecule has 0 aliphatic heterocycles. The van der Waals surface area contributed by atoms with Gasteiger partial charge in [-0.1, -0.05) is 29.4 Å². The maximum atomic E-state index is 12.3. The van der Waals surface area contributed by atoms with E-state index in [1.54, 1.807) is 28.8 Å². The van der Waals surface area contributed by atoms with Crippen LogP contribution in [0.4, 0.5) is 0 Å². The Labute approximate surface area is 149 Å². The van der Waals surface area contributed by atoms with Crippen LogP contribution in [0.3, 0.4) is 0 Å². The molecule has 0 aliphatic carbocycles. The second-order valence-corrected chi connectivity index (χ2v) is 6.90. The molecule has 0 saturated carbocycles. The molecule has 1 aromatic carbocycles. The Morgan fingerprint density at radius 1 is 1.33 bits per heavy atom. The van der Waals surface area contributed by atoms with E-state index >= 15 is 0 Å². The molecule has 0 atom stereocenters. The molecule has 0 N–H and O–H groups in total. The molecule has 0 radical (unpaired) electrons. The van der Waals surface area contributed by atoms with Crippen molar-refractivity contribution in [3.63, 3.8) is 0 Å². The summed E-state index contributed by atoms with van der Waals surface area (Å²) in [4.78, 5) is 12.3. The number of fused-ring (bicyclic) bond motifs is 1. The van der Waals surface area contributed by atoms with Gasteiger partial charge in [0.05, 0.1) is 11.3 Å². The van der Waals surface area contributed by atoms with E-state index in [0.29, 0.717) is 21.2 Å². The number of carbonyl (C=O) groups excluding carboxylic acids is 1. The highest BCUT2D eigenvalue weighted by atomic mass is 35.5. The van der Waals surface area contributed by atoms with Gasteiger partial charge in [0.1, 0.15) is 16.7 Å². The van der Waals surface area contributed by atoms with Gasteiger partial charge in [0.2, 0.25) is 0 Å². The number of ketones is 1.